The van der Waals surface area contributed by atoms with Crippen LogP contribution in [0.1, 0.15) is 5.56 Å². The summed E-state index contributed by atoms with van der Waals surface area (Å²) in [6.07, 6.45) is 0. The van der Waals surface area contributed by atoms with E-state index in [-0.39, 0.29) is 11.4 Å². The van der Waals surface area contributed by atoms with Gasteiger partial charge in [0.05, 0.1) is 0 Å². The second-order valence-corrected chi connectivity index (χ2v) is 8.02. The molecule has 2 aromatic carbocycles. The lowest BCUT2D eigenvalue weighted by atomic mass is 10.2. The van der Waals surface area contributed by atoms with E-state index in [2.05, 4.69) is 47.4 Å². The number of aromatic nitrogens is 3. The van der Waals surface area contributed by atoms with Gasteiger partial charge in [0.2, 0.25) is 5.82 Å². The molecule has 0 atom stereocenters. The second-order valence-electron chi connectivity index (χ2n) is 5.24. The fourth-order valence-electron chi connectivity index (χ4n) is 2.05. The van der Waals surface area contributed by atoms with Crippen molar-refractivity contribution < 1.29 is 0 Å². The van der Waals surface area contributed by atoms with Gasteiger partial charge < -0.3 is 5.32 Å². The van der Waals surface area contributed by atoms with Crippen molar-refractivity contribution in [3.05, 3.63) is 73.4 Å². The topological polar surface area (TPSA) is 59.8 Å². The van der Waals surface area contributed by atoms with Gasteiger partial charge in [-0.05, 0) is 42.0 Å². The minimum Gasteiger partial charge on any atom is -0.334 e. The molecule has 25 heavy (non-hydrogen) atoms. The zero-order chi connectivity index (χ0) is 17.8. The van der Waals surface area contributed by atoms with Gasteiger partial charge >= 0.3 is 0 Å². The SMILES string of the molecule is Cn1c(SCc2ccc(Br)cc2)nnc(Nc2ccc(Br)cc2)c1=O. The Bertz CT molecular complexity index is 927. The summed E-state index contributed by atoms with van der Waals surface area (Å²) in [5.41, 5.74) is 1.72. The van der Waals surface area contributed by atoms with Crippen molar-refractivity contribution in [1.29, 1.82) is 0 Å². The third kappa shape index (κ3) is 4.71. The Labute approximate surface area is 166 Å². The van der Waals surface area contributed by atoms with Gasteiger partial charge in [-0.1, -0.05) is 55.8 Å². The number of hydrogen-bond donors (Lipinski definition) is 1. The molecular formula is C17H14Br2N4OS. The highest BCUT2D eigenvalue weighted by atomic mass is 79.9. The quantitative estimate of drug-likeness (QED) is 0.533. The number of anilines is 2. The van der Waals surface area contributed by atoms with E-state index in [1.165, 1.54) is 16.3 Å². The molecule has 0 amide bonds. The first-order chi connectivity index (χ1) is 12.0. The summed E-state index contributed by atoms with van der Waals surface area (Å²) in [4.78, 5) is 12.5. The molecule has 0 saturated heterocycles. The normalized spacial score (nSPS) is 10.7. The molecule has 0 saturated carbocycles. The Balaban J connectivity index is 1.74. The highest BCUT2D eigenvalue weighted by Gasteiger charge is 2.10. The summed E-state index contributed by atoms with van der Waals surface area (Å²) in [5, 5.41) is 11.8. The van der Waals surface area contributed by atoms with Gasteiger partial charge in [0.1, 0.15) is 0 Å². The maximum Gasteiger partial charge on any atom is 0.297 e. The van der Waals surface area contributed by atoms with Crippen molar-refractivity contribution in [3.8, 4) is 0 Å². The van der Waals surface area contributed by atoms with Crippen molar-refractivity contribution in [2.24, 2.45) is 7.05 Å². The molecule has 3 aromatic rings. The second kappa shape index (κ2) is 8.16. The Hall–Kier alpha value is -1.64. The van der Waals surface area contributed by atoms with Gasteiger partial charge in [0.15, 0.2) is 5.16 Å². The van der Waals surface area contributed by atoms with Crippen molar-refractivity contribution in [2.75, 3.05) is 5.32 Å². The molecule has 0 radical (unpaired) electrons. The molecule has 0 aliphatic heterocycles. The van der Waals surface area contributed by atoms with Crippen LogP contribution in [0.5, 0.6) is 0 Å². The standard InChI is InChI=1S/C17H14Br2N4OS/c1-23-16(24)15(20-14-8-6-13(19)7-9-14)21-22-17(23)25-10-11-2-4-12(18)5-3-11/h2-9H,10H2,1H3,(H,20,21). The van der Waals surface area contributed by atoms with Crippen LogP contribution < -0.4 is 10.9 Å². The third-order valence-electron chi connectivity index (χ3n) is 3.42. The van der Waals surface area contributed by atoms with E-state index in [0.717, 1.165) is 20.2 Å². The van der Waals surface area contributed by atoms with Crippen LogP contribution in [-0.4, -0.2) is 14.8 Å². The first-order valence-electron chi connectivity index (χ1n) is 7.36. The summed E-state index contributed by atoms with van der Waals surface area (Å²) in [6.45, 7) is 0. The van der Waals surface area contributed by atoms with Crippen LogP contribution in [0, 0.1) is 0 Å². The molecular weight excluding hydrogens is 468 g/mol. The number of hydrogen-bond acceptors (Lipinski definition) is 5. The van der Waals surface area contributed by atoms with E-state index in [1.807, 2.05) is 48.5 Å². The molecule has 0 aliphatic carbocycles. The van der Waals surface area contributed by atoms with Crippen LogP contribution in [-0.2, 0) is 12.8 Å². The number of nitrogens with one attached hydrogen (secondary N) is 1. The lowest BCUT2D eigenvalue weighted by Crippen LogP contribution is -2.24. The molecule has 128 valence electrons. The molecule has 5 nitrogen and oxygen atoms in total. The van der Waals surface area contributed by atoms with Crippen molar-refractivity contribution >= 4 is 55.1 Å². The van der Waals surface area contributed by atoms with E-state index in [4.69, 9.17) is 0 Å². The maximum atomic E-state index is 12.5. The molecule has 1 N–H and O–H groups in total. The van der Waals surface area contributed by atoms with E-state index in [0.29, 0.717) is 10.9 Å². The average Bonchev–Trinajstić information content (AvgIpc) is 2.61. The fourth-order valence-corrected chi connectivity index (χ4v) is 3.44. The summed E-state index contributed by atoms with van der Waals surface area (Å²) < 4.78 is 3.52. The summed E-state index contributed by atoms with van der Waals surface area (Å²) in [7, 11) is 1.70. The highest BCUT2D eigenvalue weighted by molar-refractivity contribution is 9.10. The average molecular weight is 482 g/mol. The Morgan fingerprint density at radius 2 is 1.60 bits per heavy atom. The van der Waals surface area contributed by atoms with Gasteiger partial charge in [-0.2, -0.15) is 0 Å². The van der Waals surface area contributed by atoms with E-state index in [9.17, 15) is 4.79 Å². The lowest BCUT2D eigenvalue weighted by molar-refractivity contribution is 0.666. The predicted octanol–water partition coefficient (Wildman–Crippen LogP) is 4.74. The first-order valence-corrected chi connectivity index (χ1v) is 9.93. The Morgan fingerprint density at radius 3 is 2.24 bits per heavy atom. The zero-order valence-corrected chi connectivity index (χ0v) is 17.2. The van der Waals surface area contributed by atoms with E-state index >= 15 is 0 Å². The fraction of sp³-hybridized carbons (Fsp3) is 0.118. The Morgan fingerprint density at radius 1 is 1.00 bits per heavy atom. The van der Waals surface area contributed by atoms with Crippen molar-refractivity contribution in [3.63, 3.8) is 0 Å². The molecule has 3 rings (SSSR count). The largest absolute Gasteiger partial charge is 0.334 e. The predicted molar refractivity (Wildman–Crippen MR) is 108 cm³/mol. The van der Waals surface area contributed by atoms with Gasteiger partial charge in [-0.3, -0.25) is 9.36 Å². The van der Waals surface area contributed by atoms with Crippen molar-refractivity contribution in [1.82, 2.24) is 14.8 Å². The third-order valence-corrected chi connectivity index (χ3v) is 5.57. The molecule has 0 fully saturated rings. The van der Waals surface area contributed by atoms with Gasteiger partial charge in [0.25, 0.3) is 5.56 Å². The summed E-state index contributed by atoms with van der Waals surface area (Å²) in [5.74, 6) is 0.923. The number of nitrogens with zero attached hydrogens (tertiary/aromatic N) is 3. The van der Waals surface area contributed by atoms with E-state index in [1.54, 1.807) is 7.05 Å². The van der Waals surface area contributed by atoms with Gasteiger partial charge in [0, 0.05) is 27.4 Å². The van der Waals surface area contributed by atoms with Crippen LogP contribution in [0.4, 0.5) is 11.5 Å². The minimum atomic E-state index is -0.212. The molecule has 0 bridgehead atoms. The van der Waals surface area contributed by atoms with Gasteiger partial charge in [-0.15, -0.1) is 10.2 Å². The summed E-state index contributed by atoms with van der Waals surface area (Å²) >= 11 is 8.27. The zero-order valence-electron chi connectivity index (χ0n) is 13.2. The molecule has 1 aromatic heterocycles. The van der Waals surface area contributed by atoms with Crippen LogP contribution in [0.15, 0.2) is 67.4 Å². The smallest absolute Gasteiger partial charge is 0.297 e. The van der Waals surface area contributed by atoms with Crippen molar-refractivity contribution in [2.45, 2.75) is 10.9 Å². The van der Waals surface area contributed by atoms with E-state index < -0.39 is 0 Å². The van der Waals surface area contributed by atoms with Crippen LogP contribution in [0.25, 0.3) is 0 Å². The van der Waals surface area contributed by atoms with Crippen LogP contribution in [0.2, 0.25) is 0 Å². The monoisotopic (exact) mass is 480 g/mol. The molecule has 0 unspecified atom stereocenters. The number of thioether (sulfide) groups is 1. The molecule has 8 heteroatoms. The number of halogens is 2. The molecule has 0 spiro atoms. The summed E-state index contributed by atoms with van der Waals surface area (Å²) in [6, 6.07) is 15.6. The Kier molecular flexibility index (Phi) is 5.93. The van der Waals surface area contributed by atoms with Gasteiger partial charge in [-0.25, -0.2) is 0 Å². The maximum absolute atomic E-state index is 12.5. The van der Waals surface area contributed by atoms with Crippen LogP contribution in [0.3, 0.4) is 0 Å². The highest BCUT2D eigenvalue weighted by Crippen LogP contribution is 2.21. The van der Waals surface area contributed by atoms with Crippen LogP contribution >= 0.6 is 43.6 Å². The minimum absolute atomic E-state index is 0.206. The first kappa shape index (κ1) is 18.2. The number of rotatable bonds is 5. The lowest BCUT2D eigenvalue weighted by Gasteiger charge is -2.09. The number of benzene rings is 2. The molecule has 0 aliphatic rings. The molecule has 1 heterocycles.